The number of hydrogen-bond acceptors (Lipinski definition) is 13. The van der Waals surface area contributed by atoms with Gasteiger partial charge in [-0.25, -0.2) is 0 Å². The average Bonchev–Trinajstić information content (AvgIpc) is 3.42. The molecule has 7 atom stereocenters. The van der Waals surface area contributed by atoms with Gasteiger partial charge in [-0.1, -0.05) is 20.8 Å². The van der Waals surface area contributed by atoms with Gasteiger partial charge in [0, 0.05) is 6.42 Å². The summed E-state index contributed by atoms with van der Waals surface area (Å²) >= 11 is 0. The van der Waals surface area contributed by atoms with Crippen LogP contribution in [0.3, 0.4) is 0 Å². The summed E-state index contributed by atoms with van der Waals surface area (Å²) in [6.07, 6.45) is 5.73. The first-order valence-electron chi connectivity index (χ1n) is 23.3. The van der Waals surface area contributed by atoms with Crippen molar-refractivity contribution in [2.45, 2.75) is 210 Å². The Bertz CT molecular complexity index is 1500. The maximum atomic E-state index is 14.7. The SMILES string of the molecule is CCCOC(C)OC(=O)C(C)(CC)CC(C)(CC1(CC(C)(C)C(=O)OC23CC4CC(CC(C4)C2)C3)CC(C)OC1=O)C(=O)OC(C)OCCCOC(C)OC(=O)C(C)(C)CC. The average molecular weight is 865 g/mol. The van der Waals surface area contributed by atoms with Crippen molar-refractivity contribution in [3.63, 3.8) is 0 Å². The Morgan fingerprint density at radius 3 is 1.56 bits per heavy atom. The predicted octanol–water partition coefficient (Wildman–Crippen LogP) is 9.39. The molecule has 4 aliphatic carbocycles. The van der Waals surface area contributed by atoms with Crippen LogP contribution in [0.2, 0.25) is 0 Å². The van der Waals surface area contributed by atoms with Crippen molar-refractivity contribution < 1.29 is 61.9 Å². The van der Waals surface area contributed by atoms with Gasteiger partial charge in [-0.15, -0.1) is 0 Å². The molecule has 1 heterocycles. The summed E-state index contributed by atoms with van der Waals surface area (Å²) in [5, 5.41) is 0. The monoisotopic (exact) mass is 865 g/mol. The summed E-state index contributed by atoms with van der Waals surface area (Å²) in [5.41, 5.74) is -6.09. The number of ether oxygens (including phenoxy) is 8. The van der Waals surface area contributed by atoms with Crippen molar-refractivity contribution in [2.24, 2.45) is 44.8 Å². The largest absolute Gasteiger partial charge is 0.462 e. The standard InChI is InChI=1S/C48H80O13/c1-14-18-54-32(5)59-40(51)45(12,16-3)29-46(13,41(52)60-34(7)56-20-17-19-55-33(6)58-38(49)43(8,9)15-2)30-47(24-31(4)57-42(47)53)28-44(10,11)39(50)61-48-25-35-21-36(26-48)23-37(22-35)27-48/h31-37H,14-30H2,1-13H3. The summed E-state index contributed by atoms with van der Waals surface area (Å²) in [4.78, 5) is 69.6. The van der Waals surface area contributed by atoms with E-state index in [2.05, 4.69) is 0 Å². The lowest BCUT2D eigenvalue weighted by Crippen LogP contribution is -2.54. The second kappa shape index (κ2) is 20.4. The van der Waals surface area contributed by atoms with E-state index < -0.39 is 75.6 Å². The highest BCUT2D eigenvalue weighted by molar-refractivity contribution is 5.85. The molecule has 0 aromatic carbocycles. The number of hydrogen-bond donors (Lipinski definition) is 0. The first kappa shape index (κ1) is 50.9. The molecule has 61 heavy (non-hydrogen) atoms. The summed E-state index contributed by atoms with van der Waals surface area (Å²) < 4.78 is 46.9. The van der Waals surface area contributed by atoms with Gasteiger partial charge in [0.15, 0.2) is 18.9 Å². The van der Waals surface area contributed by atoms with Crippen molar-refractivity contribution in [3.05, 3.63) is 0 Å². The highest BCUT2D eigenvalue weighted by Gasteiger charge is 2.60. The molecule has 1 saturated heterocycles. The van der Waals surface area contributed by atoms with Gasteiger partial charge in [0.2, 0.25) is 0 Å². The van der Waals surface area contributed by atoms with Gasteiger partial charge < -0.3 is 37.9 Å². The van der Waals surface area contributed by atoms with Gasteiger partial charge in [-0.3, -0.25) is 24.0 Å². The van der Waals surface area contributed by atoms with E-state index in [0.29, 0.717) is 43.6 Å². The molecular formula is C48H80O13. The van der Waals surface area contributed by atoms with E-state index in [1.54, 1.807) is 34.6 Å². The van der Waals surface area contributed by atoms with Crippen LogP contribution in [0, 0.1) is 44.8 Å². The van der Waals surface area contributed by atoms with Crippen molar-refractivity contribution in [3.8, 4) is 0 Å². The normalized spacial score (nSPS) is 29.4. The van der Waals surface area contributed by atoms with E-state index >= 15 is 0 Å². The minimum absolute atomic E-state index is 0.0256. The number of carbonyl (C=O) groups excluding carboxylic acids is 5. The van der Waals surface area contributed by atoms with Crippen LogP contribution >= 0.6 is 0 Å². The summed E-state index contributed by atoms with van der Waals surface area (Å²) in [5.74, 6) is -0.581. The van der Waals surface area contributed by atoms with Crippen molar-refractivity contribution in [1.82, 2.24) is 0 Å². The van der Waals surface area contributed by atoms with Crippen molar-refractivity contribution >= 4 is 29.8 Å². The van der Waals surface area contributed by atoms with E-state index in [9.17, 15) is 24.0 Å². The first-order valence-corrected chi connectivity index (χ1v) is 23.3. The molecule has 4 bridgehead atoms. The van der Waals surface area contributed by atoms with Gasteiger partial charge in [-0.05, 0) is 170 Å². The molecule has 5 rings (SSSR count). The third kappa shape index (κ3) is 12.9. The highest BCUT2D eigenvalue weighted by Crippen LogP contribution is 2.59. The zero-order valence-corrected chi connectivity index (χ0v) is 39.9. The summed E-state index contributed by atoms with van der Waals surface area (Å²) in [6, 6.07) is 0. The summed E-state index contributed by atoms with van der Waals surface area (Å²) in [6.45, 7) is 24.1. The molecule has 13 heteroatoms. The van der Waals surface area contributed by atoms with E-state index in [4.69, 9.17) is 37.9 Å². The van der Waals surface area contributed by atoms with Crippen LogP contribution in [-0.2, 0) is 61.9 Å². The Balaban J connectivity index is 1.53. The van der Waals surface area contributed by atoms with Crippen LogP contribution in [0.4, 0.5) is 0 Å². The first-order chi connectivity index (χ1) is 28.3. The molecule has 350 valence electrons. The minimum atomic E-state index is -1.45. The lowest BCUT2D eigenvalue weighted by atomic mass is 9.54. The fraction of sp³-hybridized carbons (Fsp3) is 0.896. The van der Waals surface area contributed by atoms with Gasteiger partial charge in [0.05, 0.1) is 46.9 Å². The zero-order chi connectivity index (χ0) is 45.6. The fourth-order valence-corrected chi connectivity index (χ4v) is 10.9. The van der Waals surface area contributed by atoms with Gasteiger partial charge >= 0.3 is 29.8 Å². The molecule has 1 aliphatic heterocycles. The van der Waals surface area contributed by atoms with Gasteiger partial charge in [0.1, 0.15) is 11.7 Å². The van der Waals surface area contributed by atoms with E-state index in [1.165, 1.54) is 19.3 Å². The maximum Gasteiger partial charge on any atom is 0.314 e. The Morgan fingerprint density at radius 1 is 0.639 bits per heavy atom. The molecule has 5 aliphatic rings. The zero-order valence-electron chi connectivity index (χ0n) is 39.9. The molecule has 5 fully saturated rings. The third-order valence-corrected chi connectivity index (χ3v) is 14.1. The smallest absolute Gasteiger partial charge is 0.314 e. The topological polar surface area (TPSA) is 159 Å². The van der Waals surface area contributed by atoms with Crippen LogP contribution in [0.15, 0.2) is 0 Å². The lowest BCUT2D eigenvalue weighted by Gasteiger charge is -2.56. The van der Waals surface area contributed by atoms with Crippen LogP contribution in [0.1, 0.15) is 180 Å². The maximum absolute atomic E-state index is 14.7. The molecule has 4 saturated carbocycles. The highest BCUT2D eigenvalue weighted by atomic mass is 16.7. The molecule has 13 nitrogen and oxygen atoms in total. The molecule has 0 aromatic heterocycles. The van der Waals surface area contributed by atoms with Crippen LogP contribution < -0.4 is 0 Å². The van der Waals surface area contributed by atoms with Gasteiger partial charge in [-0.2, -0.15) is 0 Å². The second-order valence-corrected chi connectivity index (χ2v) is 21.2. The van der Waals surface area contributed by atoms with Crippen molar-refractivity contribution in [1.29, 1.82) is 0 Å². The molecule has 0 amide bonds. The molecular weight excluding hydrogens is 785 g/mol. The lowest BCUT2D eigenvalue weighted by molar-refractivity contribution is -0.198. The molecule has 0 spiro atoms. The van der Waals surface area contributed by atoms with Crippen LogP contribution in [0.5, 0.6) is 0 Å². The predicted molar refractivity (Wildman–Crippen MR) is 227 cm³/mol. The third-order valence-electron chi connectivity index (χ3n) is 14.1. The van der Waals surface area contributed by atoms with E-state index in [1.807, 2.05) is 55.4 Å². The minimum Gasteiger partial charge on any atom is -0.462 e. The fourth-order valence-electron chi connectivity index (χ4n) is 10.9. The Hall–Kier alpha value is -2.77. The molecule has 0 N–H and O–H groups in total. The molecule has 0 radical (unpaired) electrons. The van der Waals surface area contributed by atoms with Crippen LogP contribution in [0.25, 0.3) is 0 Å². The summed E-state index contributed by atoms with van der Waals surface area (Å²) in [7, 11) is 0. The van der Waals surface area contributed by atoms with Crippen LogP contribution in [-0.4, -0.2) is 80.2 Å². The number of carbonyl (C=O) groups is 5. The Morgan fingerprint density at radius 2 is 1.11 bits per heavy atom. The van der Waals surface area contributed by atoms with E-state index in [0.717, 1.165) is 25.7 Å². The number of rotatable bonds is 25. The van der Waals surface area contributed by atoms with E-state index in [-0.39, 0.29) is 50.8 Å². The number of cyclic esters (lactones) is 1. The molecule has 0 aromatic rings. The Labute approximate surface area is 366 Å². The van der Waals surface area contributed by atoms with Crippen molar-refractivity contribution in [2.75, 3.05) is 19.8 Å². The quantitative estimate of drug-likeness (QED) is 0.0370. The Kier molecular flexibility index (Phi) is 17.0. The van der Waals surface area contributed by atoms with Gasteiger partial charge in [0.25, 0.3) is 0 Å². The molecule has 7 unspecified atom stereocenters. The number of esters is 5. The second-order valence-electron chi connectivity index (χ2n) is 21.2.